The van der Waals surface area contributed by atoms with Gasteiger partial charge in [-0.1, -0.05) is 28.1 Å². The maximum absolute atomic E-state index is 5.64. The highest BCUT2D eigenvalue weighted by atomic mass is 79.9. The van der Waals surface area contributed by atoms with Crippen LogP contribution in [0.3, 0.4) is 0 Å². The summed E-state index contributed by atoms with van der Waals surface area (Å²) in [6.45, 7) is 3.61. The topological polar surface area (TPSA) is 24.5 Å². The lowest BCUT2D eigenvalue weighted by atomic mass is 10.2. The lowest BCUT2D eigenvalue weighted by Gasteiger charge is -2.27. The Hall–Kier alpha value is -1.24. The van der Waals surface area contributed by atoms with Gasteiger partial charge in [0.2, 0.25) is 0 Å². The van der Waals surface area contributed by atoms with Gasteiger partial charge in [-0.05, 0) is 61.1 Å². The molecule has 0 radical (unpaired) electrons. The van der Waals surface area contributed by atoms with Crippen LogP contribution < -0.4 is 10.1 Å². The Kier molecular flexibility index (Phi) is 6.03. The molecule has 2 aromatic rings. The number of halogens is 1. The summed E-state index contributed by atoms with van der Waals surface area (Å²) < 4.78 is 6.57. The van der Waals surface area contributed by atoms with Crippen LogP contribution in [-0.4, -0.2) is 28.9 Å². The van der Waals surface area contributed by atoms with Gasteiger partial charge in [0.25, 0.3) is 0 Å². The van der Waals surface area contributed by atoms with E-state index in [1.807, 2.05) is 43.0 Å². The number of thiocarbonyl (C=S) groups is 1. The minimum Gasteiger partial charge on any atom is -0.494 e. The van der Waals surface area contributed by atoms with E-state index in [9.17, 15) is 0 Å². The zero-order chi connectivity index (χ0) is 16.9. The Labute approximate surface area is 160 Å². The Bertz CT molecular complexity index is 691. The zero-order valence-electron chi connectivity index (χ0n) is 13.4. The van der Waals surface area contributed by atoms with Crippen molar-refractivity contribution >= 4 is 50.7 Å². The van der Waals surface area contributed by atoms with Gasteiger partial charge < -0.3 is 15.0 Å². The van der Waals surface area contributed by atoms with Crippen LogP contribution >= 0.6 is 39.9 Å². The van der Waals surface area contributed by atoms with Crippen molar-refractivity contribution < 1.29 is 4.74 Å². The SMILES string of the molecule is CCOc1ccc(NC(=S)N2CCSC2c2ccc(Br)cc2)cc1. The van der Waals surface area contributed by atoms with Gasteiger partial charge in [-0.25, -0.2) is 0 Å². The lowest BCUT2D eigenvalue weighted by molar-refractivity contribution is 0.340. The number of nitrogens with zero attached hydrogens (tertiary/aromatic N) is 1. The fourth-order valence-electron chi connectivity index (χ4n) is 2.58. The third-order valence-corrected chi connectivity index (χ3v) is 5.85. The largest absolute Gasteiger partial charge is 0.494 e. The number of thioether (sulfide) groups is 1. The van der Waals surface area contributed by atoms with Crippen molar-refractivity contribution in [3.05, 3.63) is 58.6 Å². The Morgan fingerprint density at radius 3 is 2.62 bits per heavy atom. The van der Waals surface area contributed by atoms with E-state index in [1.165, 1.54) is 5.56 Å². The lowest BCUT2D eigenvalue weighted by Crippen LogP contribution is -2.34. The molecule has 1 heterocycles. The van der Waals surface area contributed by atoms with Gasteiger partial charge in [0.1, 0.15) is 11.1 Å². The summed E-state index contributed by atoms with van der Waals surface area (Å²) in [5.74, 6) is 1.95. The second kappa shape index (κ2) is 8.23. The fraction of sp³-hybridized carbons (Fsp3) is 0.278. The number of hydrogen-bond donors (Lipinski definition) is 1. The standard InChI is InChI=1S/C18H19BrN2OS2/c1-2-22-16-9-7-15(8-10-16)20-18(23)21-11-12-24-17(21)13-3-5-14(19)6-4-13/h3-10,17H,2,11-12H2,1H3,(H,20,23). The predicted molar refractivity (Wildman–Crippen MR) is 110 cm³/mol. The van der Waals surface area contributed by atoms with E-state index in [1.54, 1.807) is 0 Å². The summed E-state index contributed by atoms with van der Waals surface area (Å²) >= 11 is 11.1. The molecule has 6 heteroatoms. The highest BCUT2D eigenvalue weighted by Crippen LogP contribution is 2.38. The van der Waals surface area contributed by atoms with Crippen molar-refractivity contribution in [2.24, 2.45) is 0 Å². The van der Waals surface area contributed by atoms with Gasteiger partial charge in [0, 0.05) is 22.5 Å². The first kappa shape index (κ1) is 17.6. The number of hydrogen-bond acceptors (Lipinski definition) is 3. The van der Waals surface area contributed by atoms with E-state index in [0.29, 0.717) is 6.61 Å². The zero-order valence-corrected chi connectivity index (χ0v) is 16.6. The average Bonchev–Trinajstić information content (AvgIpc) is 3.07. The van der Waals surface area contributed by atoms with Gasteiger partial charge in [-0.2, -0.15) is 0 Å². The van der Waals surface area contributed by atoms with Crippen LogP contribution in [0.1, 0.15) is 17.9 Å². The second-order valence-corrected chi connectivity index (χ2v) is 7.85. The highest BCUT2D eigenvalue weighted by molar-refractivity contribution is 9.10. The van der Waals surface area contributed by atoms with Crippen LogP contribution in [0.25, 0.3) is 0 Å². The molecule has 1 saturated heterocycles. The van der Waals surface area contributed by atoms with E-state index in [-0.39, 0.29) is 5.37 Å². The molecule has 0 aromatic heterocycles. The summed E-state index contributed by atoms with van der Waals surface area (Å²) in [6.07, 6.45) is 0. The summed E-state index contributed by atoms with van der Waals surface area (Å²) in [6, 6.07) is 16.4. The first-order valence-corrected chi connectivity index (χ1v) is 10.1. The molecule has 1 aliphatic rings. The van der Waals surface area contributed by atoms with Crippen molar-refractivity contribution in [3.8, 4) is 5.75 Å². The van der Waals surface area contributed by atoms with Gasteiger partial charge >= 0.3 is 0 Å². The highest BCUT2D eigenvalue weighted by Gasteiger charge is 2.28. The molecule has 0 amide bonds. The van der Waals surface area contributed by atoms with Crippen molar-refractivity contribution in [1.82, 2.24) is 4.90 Å². The van der Waals surface area contributed by atoms with E-state index >= 15 is 0 Å². The molecule has 0 saturated carbocycles. The first-order chi connectivity index (χ1) is 11.7. The van der Waals surface area contributed by atoms with Gasteiger partial charge in [0.15, 0.2) is 5.11 Å². The molecule has 0 bridgehead atoms. The first-order valence-electron chi connectivity index (χ1n) is 7.85. The molecule has 1 unspecified atom stereocenters. The van der Waals surface area contributed by atoms with E-state index in [0.717, 1.165) is 33.3 Å². The molecule has 1 N–H and O–H groups in total. The van der Waals surface area contributed by atoms with Crippen LogP contribution in [0.4, 0.5) is 5.69 Å². The average molecular weight is 423 g/mol. The molecule has 1 atom stereocenters. The Morgan fingerprint density at radius 2 is 1.96 bits per heavy atom. The summed E-state index contributed by atoms with van der Waals surface area (Å²) in [5.41, 5.74) is 2.26. The van der Waals surface area contributed by atoms with E-state index in [4.69, 9.17) is 17.0 Å². The smallest absolute Gasteiger partial charge is 0.174 e. The second-order valence-electron chi connectivity index (χ2n) is 5.36. The van der Waals surface area contributed by atoms with Gasteiger partial charge in [-0.15, -0.1) is 11.8 Å². The number of anilines is 1. The molecule has 3 nitrogen and oxygen atoms in total. The molecule has 1 aliphatic heterocycles. The Balaban J connectivity index is 1.68. The predicted octanol–water partition coefficient (Wildman–Crippen LogP) is 5.29. The van der Waals surface area contributed by atoms with Crippen LogP contribution in [0.15, 0.2) is 53.0 Å². The molecule has 24 heavy (non-hydrogen) atoms. The number of nitrogens with one attached hydrogen (secondary N) is 1. The van der Waals surface area contributed by atoms with Crippen molar-refractivity contribution in [3.63, 3.8) is 0 Å². The fourth-order valence-corrected chi connectivity index (χ4v) is 4.49. The maximum atomic E-state index is 5.64. The molecular formula is C18H19BrN2OS2. The Morgan fingerprint density at radius 1 is 1.25 bits per heavy atom. The number of benzene rings is 2. The number of ether oxygens (including phenoxy) is 1. The van der Waals surface area contributed by atoms with Crippen LogP contribution in [0.2, 0.25) is 0 Å². The van der Waals surface area contributed by atoms with Crippen molar-refractivity contribution in [1.29, 1.82) is 0 Å². The summed E-state index contributed by atoms with van der Waals surface area (Å²) in [5, 5.41) is 4.37. The molecule has 2 aromatic carbocycles. The molecule has 3 rings (SSSR count). The monoisotopic (exact) mass is 422 g/mol. The van der Waals surface area contributed by atoms with E-state index < -0.39 is 0 Å². The van der Waals surface area contributed by atoms with Gasteiger partial charge in [-0.3, -0.25) is 0 Å². The maximum Gasteiger partial charge on any atom is 0.174 e. The minimum atomic E-state index is 0.265. The molecule has 0 aliphatic carbocycles. The van der Waals surface area contributed by atoms with Crippen LogP contribution in [0, 0.1) is 0 Å². The van der Waals surface area contributed by atoms with Crippen molar-refractivity contribution in [2.45, 2.75) is 12.3 Å². The molecule has 126 valence electrons. The van der Waals surface area contributed by atoms with Crippen molar-refractivity contribution in [2.75, 3.05) is 24.2 Å². The van der Waals surface area contributed by atoms with Crippen LogP contribution in [-0.2, 0) is 0 Å². The molecular weight excluding hydrogens is 404 g/mol. The normalized spacial score (nSPS) is 16.9. The van der Waals surface area contributed by atoms with E-state index in [2.05, 4.69) is 50.4 Å². The number of rotatable bonds is 4. The third kappa shape index (κ3) is 4.23. The summed E-state index contributed by atoms with van der Waals surface area (Å²) in [7, 11) is 0. The van der Waals surface area contributed by atoms with Gasteiger partial charge in [0.05, 0.1) is 6.61 Å². The quantitative estimate of drug-likeness (QED) is 0.674. The molecule has 0 spiro atoms. The van der Waals surface area contributed by atoms with Crippen LogP contribution in [0.5, 0.6) is 5.75 Å². The third-order valence-electron chi connectivity index (χ3n) is 3.72. The minimum absolute atomic E-state index is 0.265. The molecule has 1 fully saturated rings. The summed E-state index contributed by atoms with van der Waals surface area (Å²) in [4.78, 5) is 2.25.